The first-order valence-corrected chi connectivity index (χ1v) is 9.16. The van der Waals surface area contributed by atoms with E-state index in [1.165, 1.54) is 0 Å². The zero-order valence-electron chi connectivity index (χ0n) is 14.4. The highest BCUT2D eigenvalue weighted by molar-refractivity contribution is 6.43. The molecule has 26 heavy (non-hydrogen) atoms. The third-order valence-electron chi connectivity index (χ3n) is 4.65. The Morgan fingerprint density at radius 2 is 2.04 bits per heavy atom. The van der Waals surface area contributed by atoms with E-state index >= 15 is 0 Å². The highest BCUT2D eigenvalue weighted by Gasteiger charge is 2.47. The van der Waals surface area contributed by atoms with Gasteiger partial charge < -0.3 is 20.9 Å². The number of urea groups is 1. The number of hydrogen-bond acceptors (Lipinski definition) is 3. The fourth-order valence-corrected chi connectivity index (χ4v) is 3.67. The van der Waals surface area contributed by atoms with Crippen molar-refractivity contribution in [3.63, 3.8) is 0 Å². The van der Waals surface area contributed by atoms with E-state index < -0.39 is 18.1 Å². The van der Waals surface area contributed by atoms with Gasteiger partial charge in [-0.25, -0.2) is 4.79 Å². The number of halogens is 2. The maximum atomic E-state index is 12.5. The molecule has 3 N–H and O–H groups in total. The summed E-state index contributed by atoms with van der Waals surface area (Å²) >= 11 is 12.0. The Kier molecular flexibility index (Phi) is 5.29. The van der Waals surface area contributed by atoms with Crippen LogP contribution in [0.1, 0.15) is 20.3 Å². The van der Waals surface area contributed by atoms with Crippen LogP contribution < -0.4 is 16.0 Å². The molecule has 2 saturated heterocycles. The van der Waals surface area contributed by atoms with Crippen LogP contribution in [0.25, 0.3) is 0 Å². The number of hydrogen-bond donors (Lipinski definition) is 3. The Bertz CT molecular complexity index is 756. The number of amides is 4. The van der Waals surface area contributed by atoms with Crippen LogP contribution in [0.3, 0.4) is 0 Å². The molecule has 0 spiro atoms. The summed E-state index contributed by atoms with van der Waals surface area (Å²) in [5.41, 5.74) is 0.390. The van der Waals surface area contributed by atoms with Crippen LogP contribution in [0, 0.1) is 5.92 Å². The number of piperazine rings is 1. The highest BCUT2D eigenvalue weighted by atomic mass is 35.5. The molecule has 3 rings (SSSR count). The van der Waals surface area contributed by atoms with E-state index in [2.05, 4.69) is 16.0 Å². The van der Waals surface area contributed by atoms with Crippen molar-refractivity contribution in [3.05, 3.63) is 28.2 Å². The van der Waals surface area contributed by atoms with E-state index in [-0.39, 0.29) is 28.8 Å². The predicted octanol–water partition coefficient (Wildman–Crippen LogP) is 2.24. The van der Waals surface area contributed by atoms with Crippen molar-refractivity contribution in [3.8, 4) is 0 Å². The highest BCUT2D eigenvalue weighted by Crippen LogP contribution is 2.30. The first-order valence-electron chi connectivity index (χ1n) is 8.40. The Labute approximate surface area is 161 Å². The zero-order chi connectivity index (χ0) is 19.0. The largest absolute Gasteiger partial charge is 0.342 e. The van der Waals surface area contributed by atoms with Crippen LogP contribution >= 0.6 is 23.2 Å². The molecule has 7 nitrogen and oxygen atoms in total. The van der Waals surface area contributed by atoms with Gasteiger partial charge in [-0.05, 0) is 24.5 Å². The first-order chi connectivity index (χ1) is 12.3. The van der Waals surface area contributed by atoms with Gasteiger partial charge in [0, 0.05) is 6.54 Å². The molecule has 1 aromatic rings. The maximum absolute atomic E-state index is 12.5. The molecule has 2 heterocycles. The number of rotatable bonds is 3. The van der Waals surface area contributed by atoms with Gasteiger partial charge in [-0.15, -0.1) is 0 Å². The van der Waals surface area contributed by atoms with Crippen molar-refractivity contribution in [1.82, 2.24) is 15.5 Å². The fraction of sp³-hybridized carbons (Fsp3) is 0.471. The van der Waals surface area contributed by atoms with Crippen molar-refractivity contribution in [2.45, 2.75) is 38.4 Å². The molecule has 0 bridgehead atoms. The van der Waals surface area contributed by atoms with Gasteiger partial charge >= 0.3 is 6.03 Å². The minimum atomic E-state index is -0.544. The molecule has 140 valence electrons. The van der Waals surface area contributed by atoms with Crippen molar-refractivity contribution >= 4 is 46.7 Å². The molecule has 2 aliphatic rings. The summed E-state index contributed by atoms with van der Waals surface area (Å²) in [5, 5.41) is 8.79. The molecule has 9 heteroatoms. The van der Waals surface area contributed by atoms with Crippen molar-refractivity contribution in [1.29, 1.82) is 0 Å². The van der Waals surface area contributed by atoms with Gasteiger partial charge in [0.1, 0.15) is 12.1 Å². The van der Waals surface area contributed by atoms with Crippen LogP contribution in [0.5, 0.6) is 0 Å². The second-order valence-electron chi connectivity index (χ2n) is 6.87. The summed E-state index contributed by atoms with van der Waals surface area (Å²) in [6, 6.07) is 3.09. The van der Waals surface area contributed by atoms with Crippen LogP contribution in [-0.4, -0.2) is 47.4 Å². The molecule has 4 amide bonds. The molecular weight excluding hydrogens is 379 g/mol. The fourth-order valence-electron chi connectivity index (χ4n) is 3.32. The monoisotopic (exact) mass is 398 g/mol. The molecule has 1 aromatic carbocycles. The lowest BCUT2D eigenvalue weighted by atomic mass is 9.98. The average molecular weight is 399 g/mol. The van der Waals surface area contributed by atoms with Crippen molar-refractivity contribution in [2.75, 3.05) is 11.9 Å². The standard InChI is InChI=1S/C17H20Cl2N4O3/c1-8(2)14-16(25)23-7-9(6-12(23)15(24)22-14)20-17(26)21-11-5-3-4-10(18)13(11)19/h3-5,8-9,12,14H,6-7H2,1-2H3,(H,22,24)(H2,20,21,26)/t9-,12-,14-/m0/s1. The molecule has 3 atom stereocenters. The Morgan fingerprint density at radius 3 is 2.73 bits per heavy atom. The molecule has 0 unspecified atom stereocenters. The number of anilines is 1. The van der Waals surface area contributed by atoms with Gasteiger partial charge in [0.15, 0.2) is 0 Å². The van der Waals surface area contributed by atoms with Crippen molar-refractivity contribution < 1.29 is 14.4 Å². The molecule has 0 saturated carbocycles. The molecule has 0 radical (unpaired) electrons. The van der Waals surface area contributed by atoms with Gasteiger partial charge in [-0.3, -0.25) is 9.59 Å². The van der Waals surface area contributed by atoms with Gasteiger partial charge in [0.05, 0.1) is 21.8 Å². The van der Waals surface area contributed by atoms with E-state index in [0.29, 0.717) is 23.7 Å². The van der Waals surface area contributed by atoms with Crippen LogP contribution in [0.2, 0.25) is 10.0 Å². The van der Waals surface area contributed by atoms with E-state index in [4.69, 9.17) is 23.2 Å². The number of fused-ring (bicyclic) bond motifs is 1. The molecule has 2 aliphatic heterocycles. The maximum Gasteiger partial charge on any atom is 0.319 e. The quantitative estimate of drug-likeness (QED) is 0.728. The van der Waals surface area contributed by atoms with Gasteiger partial charge in [0.25, 0.3) is 0 Å². The molecule has 2 fully saturated rings. The first kappa shape index (κ1) is 18.8. The number of carbonyl (C=O) groups excluding carboxylic acids is 3. The third kappa shape index (κ3) is 3.59. The zero-order valence-corrected chi connectivity index (χ0v) is 15.9. The minimum Gasteiger partial charge on any atom is -0.342 e. The second kappa shape index (κ2) is 7.32. The number of carbonyl (C=O) groups is 3. The summed E-state index contributed by atoms with van der Waals surface area (Å²) in [6.07, 6.45) is 0.374. The lowest BCUT2D eigenvalue weighted by Crippen LogP contribution is -2.62. The Morgan fingerprint density at radius 1 is 1.31 bits per heavy atom. The topological polar surface area (TPSA) is 90.5 Å². The number of benzene rings is 1. The van der Waals surface area contributed by atoms with Gasteiger partial charge in [-0.2, -0.15) is 0 Å². The summed E-state index contributed by atoms with van der Waals surface area (Å²) in [4.78, 5) is 38.6. The summed E-state index contributed by atoms with van der Waals surface area (Å²) in [7, 11) is 0. The van der Waals surface area contributed by atoms with E-state index in [0.717, 1.165) is 0 Å². The summed E-state index contributed by atoms with van der Waals surface area (Å²) in [5.74, 6) is -0.272. The lowest BCUT2D eigenvalue weighted by Gasteiger charge is -2.36. The van der Waals surface area contributed by atoms with Gasteiger partial charge in [0.2, 0.25) is 11.8 Å². The van der Waals surface area contributed by atoms with Crippen LogP contribution in [0.15, 0.2) is 18.2 Å². The third-order valence-corrected chi connectivity index (χ3v) is 5.47. The number of nitrogens with one attached hydrogen (secondary N) is 3. The lowest BCUT2D eigenvalue weighted by molar-refractivity contribution is -0.148. The molecular formula is C17H20Cl2N4O3. The van der Waals surface area contributed by atoms with Crippen LogP contribution in [0.4, 0.5) is 10.5 Å². The van der Waals surface area contributed by atoms with E-state index in [9.17, 15) is 14.4 Å². The summed E-state index contributed by atoms with van der Waals surface area (Å²) < 4.78 is 0. The van der Waals surface area contributed by atoms with Crippen molar-refractivity contribution in [2.24, 2.45) is 5.92 Å². The van der Waals surface area contributed by atoms with Gasteiger partial charge in [-0.1, -0.05) is 43.1 Å². The summed E-state index contributed by atoms with van der Waals surface area (Å²) in [6.45, 7) is 4.07. The van der Waals surface area contributed by atoms with E-state index in [1.807, 2.05) is 13.8 Å². The predicted molar refractivity (Wildman–Crippen MR) is 99.3 cm³/mol. The number of nitrogens with zero attached hydrogens (tertiary/aromatic N) is 1. The smallest absolute Gasteiger partial charge is 0.319 e. The second-order valence-corrected chi connectivity index (χ2v) is 7.65. The normalized spacial score (nSPS) is 25.1. The molecule has 0 aliphatic carbocycles. The minimum absolute atomic E-state index is 0.00711. The average Bonchev–Trinajstić information content (AvgIpc) is 2.99. The SMILES string of the molecule is CC(C)[C@@H]1NC(=O)[C@@H]2C[C@H](NC(=O)Nc3cccc(Cl)c3Cl)CN2C1=O. The Balaban J connectivity index is 1.64. The van der Waals surface area contributed by atoms with E-state index in [1.54, 1.807) is 23.1 Å². The van der Waals surface area contributed by atoms with Crippen LogP contribution in [-0.2, 0) is 9.59 Å². The Hall–Kier alpha value is -1.99. The molecule has 0 aromatic heterocycles.